The molecule has 0 aromatic heterocycles. The fourth-order valence-electron chi connectivity index (χ4n) is 5.62. The van der Waals surface area contributed by atoms with Crippen molar-refractivity contribution in [2.75, 3.05) is 29.3 Å². The summed E-state index contributed by atoms with van der Waals surface area (Å²) in [5.74, 6) is 0.121. The second kappa shape index (κ2) is 11.5. The van der Waals surface area contributed by atoms with Gasteiger partial charge in [-0.05, 0) is 81.5 Å². The van der Waals surface area contributed by atoms with Crippen LogP contribution in [0.1, 0.15) is 75.8 Å². The molecule has 1 aliphatic heterocycles. The Bertz CT molecular complexity index is 910. The molecule has 1 heterocycles. The first-order valence-corrected chi connectivity index (χ1v) is 13.8. The summed E-state index contributed by atoms with van der Waals surface area (Å²) in [7, 11) is 0. The molecule has 34 heavy (non-hydrogen) atoms. The average molecular weight is 492 g/mol. The molecule has 1 saturated heterocycles. The minimum atomic E-state index is -2.22. The van der Waals surface area contributed by atoms with Crippen LogP contribution in [0.2, 0.25) is 0 Å². The van der Waals surface area contributed by atoms with E-state index >= 15 is 0 Å². The van der Waals surface area contributed by atoms with E-state index < -0.39 is 11.3 Å². The third-order valence-corrected chi connectivity index (χ3v) is 8.27. The number of hydrogen-bond donors (Lipinski definition) is 2. The number of anilines is 2. The van der Waals surface area contributed by atoms with E-state index in [4.69, 9.17) is 4.74 Å². The predicted octanol–water partition coefficient (Wildman–Crippen LogP) is 4.65. The summed E-state index contributed by atoms with van der Waals surface area (Å²) in [6.07, 6.45) is 10.0. The number of ether oxygens (including phenoxy) is 1. The van der Waals surface area contributed by atoms with Gasteiger partial charge in [0.25, 0.3) is 11.3 Å². The lowest BCUT2D eigenvalue weighted by Gasteiger charge is -2.37. The first kappa shape index (κ1) is 25.0. The Morgan fingerprint density at radius 1 is 1.09 bits per heavy atom. The second-order valence-corrected chi connectivity index (χ2v) is 10.5. The zero-order valence-corrected chi connectivity index (χ0v) is 20.9. The van der Waals surface area contributed by atoms with E-state index in [1.807, 2.05) is 12.1 Å². The van der Waals surface area contributed by atoms with Crippen molar-refractivity contribution in [2.45, 2.75) is 83.6 Å². The van der Waals surface area contributed by atoms with Gasteiger partial charge >= 0.3 is 6.09 Å². The van der Waals surface area contributed by atoms with E-state index in [2.05, 4.69) is 5.32 Å². The van der Waals surface area contributed by atoms with Crippen LogP contribution in [0, 0.1) is 5.92 Å². The van der Waals surface area contributed by atoms with E-state index in [-0.39, 0.29) is 24.0 Å². The molecule has 3 aliphatic rings. The molecule has 9 heteroatoms. The Morgan fingerprint density at radius 3 is 2.47 bits per heavy atom. The first-order valence-electron chi connectivity index (χ1n) is 12.8. The Kier molecular flexibility index (Phi) is 8.47. The number of carbonyl (C=O) groups is 2. The first-order chi connectivity index (χ1) is 16.5. The number of nitrogens with zero attached hydrogens (tertiary/aromatic N) is 2. The molecule has 1 aromatic carbocycles. The van der Waals surface area contributed by atoms with Crippen LogP contribution < -0.4 is 9.62 Å². The predicted molar refractivity (Wildman–Crippen MR) is 133 cm³/mol. The van der Waals surface area contributed by atoms with Crippen molar-refractivity contribution in [1.82, 2.24) is 4.90 Å². The number of amides is 2. The molecule has 1 unspecified atom stereocenters. The van der Waals surface area contributed by atoms with E-state index in [9.17, 15) is 18.4 Å². The molecule has 0 bridgehead atoms. The maximum atomic E-state index is 13.0. The van der Waals surface area contributed by atoms with Gasteiger partial charge in [0.1, 0.15) is 0 Å². The van der Waals surface area contributed by atoms with Gasteiger partial charge in [-0.2, -0.15) is 0 Å². The zero-order chi connectivity index (χ0) is 24.1. The number of likely N-dealkylation sites (tertiary alicyclic amines) is 1. The summed E-state index contributed by atoms with van der Waals surface area (Å²) < 4.78 is 29.4. The SMILES string of the molecule is CCOC(=O)N1CCC(N(c2cc3c(c(NC(=O)C4CCCCC4)c2)CCCC3)S(=O)O)CC1. The van der Waals surface area contributed by atoms with Gasteiger partial charge < -0.3 is 15.0 Å². The largest absolute Gasteiger partial charge is 0.450 e. The van der Waals surface area contributed by atoms with Crippen LogP contribution in [0.3, 0.4) is 0 Å². The van der Waals surface area contributed by atoms with E-state index in [1.54, 1.807) is 16.1 Å². The van der Waals surface area contributed by atoms with Gasteiger partial charge in [-0.15, -0.1) is 0 Å². The van der Waals surface area contributed by atoms with Crippen LogP contribution in [-0.4, -0.2) is 51.4 Å². The van der Waals surface area contributed by atoms with Gasteiger partial charge in [0.2, 0.25) is 5.91 Å². The highest BCUT2D eigenvalue weighted by atomic mass is 32.2. The lowest BCUT2D eigenvalue weighted by Crippen LogP contribution is -2.47. The molecular weight excluding hydrogens is 454 g/mol. The summed E-state index contributed by atoms with van der Waals surface area (Å²) >= 11 is -2.22. The lowest BCUT2D eigenvalue weighted by molar-refractivity contribution is -0.120. The number of nitrogens with one attached hydrogen (secondary N) is 1. The summed E-state index contributed by atoms with van der Waals surface area (Å²) in [5, 5.41) is 3.20. The molecule has 1 aromatic rings. The van der Waals surface area contributed by atoms with E-state index in [1.165, 1.54) is 12.0 Å². The monoisotopic (exact) mass is 491 g/mol. The average Bonchev–Trinajstić information content (AvgIpc) is 2.85. The molecule has 0 radical (unpaired) electrons. The number of carbonyl (C=O) groups excluding carboxylic acids is 2. The number of fused-ring (bicyclic) bond motifs is 1. The highest BCUT2D eigenvalue weighted by Gasteiger charge is 2.32. The molecule has 2 fully saturated rings. The van der Waals surface area contributed by atoms with Gasteiger partial charge in [0.15, 0.2) is 0 Å². The van der Waals surface area contributed by atoms with Crippen molar-refractivity contribution in [3.8, 4) is 0 Å². The number of rotatable bonds is 6. The van der Waals surface area contributed by atoms with Crippen LogP contribution in [-0.2, 0) is 33.6 Å². The maximum absolute atomic E-state index is 13.0. The summed E-state index contributed by atoms with van der Waals surface area (Å²) in [4.78, 5) is 26.8. The van der Waals surface area contributed by atoms with Gasteiger partial charge in [-0.3, -0.25) is 13.7 Å². The number of benzene rings is 1. The fraction of sp³-hybridized carbons (Fsp3) is 0.680. The number of aryl methyl sites for hydroxylation is 1. The Hall–Kier alpha value is -2.13. The second-order valence-electron chi connectivity index (χ2n) is 9.64. The molecule has 2 aliphatic carbocycles. The molecule has 4 rings (SSSR count). The van der Waals surface area contributed by atoms with Crippen LogP contribution in [0.25, 0.3) is 0 Å². The molecular formula is C25H37N3O5S. The van der Waals surface area contributed by atoms with Crippen LogP contribution in [0.5, 0.6) is 0 Å². The molecule has 2 N–H and O–H groups in total. The van der Waals surface area contributed by atoms with Gasteiger partial charge in [0.05, 0.1) is 12.3 Å². The van der Waals surface area contributed by atoms with Gasteiger partial charge in [-0.25, -0.2) is 9.00 Å². The third kappa shape index (κ3) is 5.74. The van der Waals surface area contributed by atoms with Gasteiger partial charge in [-0.1, -0.05) is 19.3 Å². The minimum absolute atomic E-state index is 0.0481. The summed E-state index contributed by atoms with van der Waals surface area (Å²) in [5.41, 5.74) is 3.78. The molecule has 1 saturated carbocycles. The molecule has 8 nitrogen and oxygen atoms in total. The standard InChI is InChI=1S/C25H37N3O5S/c1-2-33-25(30)27-14-12-20(13-15-27)28(34(31)32)21-16-19-10-6-7-11-22(19)23(17-21)26-24(29)18-8-4-3-5-9-18/h16-18,20H,2-15H2,1H3,(H,26,29)(H,31,32). The van der Waals surface area contributed by atoms with Crippen LogP contribution in [0.15, 0.2) is 12.1 Å². The Morgan fingerprint density at radius 2 is 1.79 bits per heavy atom. The highest BCUT2D eigenvalue weighted by Crippen LogP contribution is 2.36. The fourth-order valence-corrected chi connectivity index (χ4v) is 6.37. The van der Waals surface area contributed by atoms with Crippen molar-refractivity contribution in [2.24, 2.45) is 5.92 Å². The van der Waals surface area contributed by atoms with Crippen LogP contribution >= 0.6 is 0 Å². The lowest BCUT2D eigenvalue weighted by atomic mass is 9.87. The van der Waals surface area contributed by atoms with Crippen molar-refractivity contribution >= 4 is 34.6 Å². The number of piperidine rings is 1. The quantitative estimate of drug-likeness (QED) is 0.565. The Labute approximate surface area is 204 Å². The Balaban J connectivity index is 1.56. The molecule has 188 valence electrons. The van der Waals surface area contributed by atoms with E-state index in [0.29, 0.717) is 38.2 Å². The minimum Gasteiger partial charge on any atom is -0.450 e. The van der Waals surface area contributed by atoms with Crippen molar-refractivity contribution in [1.29, 1.82) is 0 Å². The van der Waals surface area contributed by atoms with E-state index in [0.717, 1.165) is 62.6 Å². The number of hydrogen-bond acceptors (Lipinski definition) is 4. The summed E-state index contributed by atoms with van der Waals surface area (Å²) in [6, 6.07) is 3.73. The van der Waals surface area contributed by atoms with Crippen molar-refractivity contribution in [3.63, 3.8) is 0 Å². The molecule has 1 atom stereocenters. The molecule has 0 spiro atoms. The van der Waals surface area contributed by atoms with Crippen LogP contribution in [0.4, 0.5) is 16.2 Å². The van der Waals surface area contributed by atoms with Gasteiger partial charge in [0, 0.05) is 30.7 Å². The normalized spacial score (nSPS) is 20.4. The summed E-state index contributed by atoms with van der Waals surface area (Å²) in [6.45, 7) is 3.07. The smallest absolute Gasteiger partial charge is 0.409 e. The topological polar surface area (TPSA) is 99.2 Å². The molecule has 2 amide bonds. The third-order valence-electron chi connectivity index (χ3n) is 7.43. The zero-order valence-electron chi connectivity index (χ0n) is 20.1. The van der Waals surface area contributed by atoms with Crippen molar-refractivity contribution < 1.29 is 23.1 Å². The van der Waals surface area contributed by atoms with Crippen molar-refractivity contribution in [3.05, 3.63) is 23.3 Å². The maximum Gasteiger partial charge on any atom is 0.409 e. The highest BCUT2D eigenvalue weighted by molar-refractivity contribution is 7.80.